The fraction of sp³-hybridized carbons (Fsp3) is 0.435. The average molecular weight is 442 g/mol. The van der Waals surface area contributed by atoms with Gasteiger partial charge in [-0.25, -0.2) is 9.37 Å². The highest BCUT2D eigenvalue weighted by Gasteiger charge is 2.31. The molecule has 1 aromatic carbocycles. The molecule has 162 valence electrons. The lowest BCUT2D eigenvalue weighted by Crippen LogP contribution is -2.25. The van der Waals surface area contributed by atoms with Gasteiger partial charge in [-0.2, -0.15) is 0 Å². The van der Waals surface area contributed by atoms with Crippen LogP contribution in [-0.4, -0.2) is 37.3 Å². The smallest absolute Gasteiger partial charge is 0.250 e. The lowest BCUT2D eigenvalue weighted by Gasteiger charge is -2.28. The van der Waals surface area contributed by atoms with Crippen molar-refractivity contribution in [3.8, 4) is 11.6 Å². The molecule has 1 aliphatic carbocycles. The third-order valence-electron chi connectivity index (χ3n) is 6.29. The molecule has 2 aromatic heterocycles. The van der Waals surface area contributed by atoms with Gasteiger partial charge in [0.15, 0.2) is 11.6 Å². The van der Waals surface area contributed by atoms with Crippen LogP contribution in [0.3, 0.4) is 0 Å². The molecule has 0 amide bonds. The molecular weight excluding hydrogens is 417 g/mol. The van der Waals surface area contributed by atoms with Crippen LogP contribution in [0.2, 0.25) is 5.02 Å². The molecule has 5 rings (SSSR count). The molecule has 2 aliphatic rings. The Labute approximate surface area is 186 Å². The molecular formula is C23H25ClFN5O. The Morgan fingerprint density at radius 2 is 1.97 bits per heavy atom. The van der Waals surface area contributed by atoms with E-state index in [2.05, 4.69) is 37.6 Å². The first-order chi connectivity index (χ1) is 15.1. The van der Waals surface area contributed by atoms with Crippen LogP contribution in [0.5, 0.6) is 5.88 Å². The predicted molar refractivity (Wildman–Crippen MR) is 116 cm³/mol. The lowest BCUT2D eigenvalue weighted by atomic mass is 9.86. The molecule has 31 heavy (non-hydrogen) atoms. The van der Waals surface area contributed by atoms with Crippen LogP contribution >= 0.6 is 11.6 Å². The van der Waals surface area contributed by atoms with Crippen LogP contribution in [0.1, 0.15) is 55.7 Å². The molecule has 6 nitrogen and oxygen atoms in total. The summed E-state index contributed by atoms with van der Waals surface area (Å²) in [5.41, 5.74) is 2.31. The van der Waals surface area contributed by atoms with Crippen molar-refractivity contribution in [1.82, 2.24) is 24.6 Å². The molecule has 0 saturated heterocycles. The van der Waals surface area contributed by atoms with Gasteiger partial charge < -0.3 is 4.74 Å². The van der Waals surface area contributed by atoms with Crippen LogP contribution in [0, 0.1) is 5.82 Å². The minimum atomic E-state index is -0.414. The van der Waals surface area contributed by atoms with Crippen molar-refractivity contribution in [2.24, 2.45) is 0 Å². The van der Waals surface area contributed by atoms with Crippen molar-refractivity contribution < 1.29 is 9.13 Å². The van der Waals surface area contributed by atoms with E-state index < -0.39 is 5.82 Å². The van der Waals surface area contributed by atoms with Gasteiger partial charge >= 0.3 is 0 Å². The fourth-order valence-corrected chi connectivity index (χ4v) is 4.83. The number of pyridine rings is 1. The second-order valence-corrected chi connectivity index (χ2v) is 8.70. The lowest BCUT2D eigenvalue weighted by molar-refractivity contribution is 0.132. The van der Waals surface area contributed by atoms with Crippen LogP contribution in [-0.2, 0) is 13.1 Å². The SMILES string of the molecule is CCN1Cc2cc(Cl)ccc2-n2c(nnc2C2CCC(Oc3ncccc3F)CC2)C1. The molecule has 3 heterocycles. The summed E-state index contributed by atoms with van der Waals surface area (Å²) < 4.78 is 21.9. The monoisotopic (exact) mass is 441 g/mol. The first-order valence-corrected chi connectivity index (χ1v) is 11.2. The molecule has 0 radical (unpaired) electrons. The maximum absolute atomic E-state index is 13.9. The number of ether oxygens (including phenoxy) is 1. The van der Waals surface area contributed by atoms with E-state index in [1.165, 1.54) is 11.6 Å². The normalized spacial score (nSPS) is 21.3. The van der Waals surface area contributed by atoms with Gasteiger partial charge in [-0.3, -0.25) is 9.47 Å². The summed E-state index contributed by atoms with van der Waals surface area (Å²) in [7, 11) is 0. The van der Waals surface area contributed by atoms with Crippen molar-refractivity contribution in [2.45, 2.75) is 57.7 Å². The van der Waals surface area contributed by atoms with Gasteiger partial charge in [0.25, 0.3) is 5.88 Å². The van der Waals surface area contributed by atoms with Gasteiger partial charge in [0.2, 0.25) is 0 Å². The third-order valence-corrected chi connectivity index (χ3v) is 6.52. The van der Waals surface area contributed by atoms with E-state index in [4.69, 9.17) is 16.3 Å². The largest absolute Gasteiger partial charge is 0.472 e. The summed E-state index contributed by atoms with van der Waals surface area (Å²) in [5, 5.41) is 9.92. The van der Waals surface area contributed by atoms with E-state index in [1.807, 2.05) is 12.1 Å². The van der Waals surface area contributed by atoms with E-state index in [9.17, 15) is 4.39 Å². The van der Waals surface area contributed by atoms with Crippen molar-refractivity contribution in [3.63, 3.8) is 0 Å². The zero-order valence-corrected chi connectivity index (χ0v) is 18.2. The summed E-state index contributed by atoms with van der Waals surface area (Å²) in [6.07, 6.45) is 5.01. The minimum Gasteiger partial charge on any atom is -0.472 e. The Morgan fingerprint density at radius 1 is 1.13 bits per heavy atom. The molecule has 8 heteroatoms. The second-order valence-electron chi connectivity index (χ2n) is 8.27. The van der Waals surface area contributed by atoms with Crippen molar-refractivity contribution in [3.05, 3.63) is 64.6 Å². The topological polar surface area (TPSA) is 56.1 Å². The summed E-state index contributed by atoms with van der Waals surface area (Å²) >= 11 is 6.30. The highest BCUT2D eigenvalue weighted by molar-refractivity contribution is 6.30. The molecule has 0 spiro atoms. The summed E-state index contributed by atoms with van der Waals surface area (Å²) in [6, 6.07) is 9.00. The van der Waals surface area contributed by atoms with E-state index >= 15 is 0 Å². The number of hydrogen-bond acceptors (Lipinski definition) is 5. The Balaban J connectivity index is 1.38. The van der Waals surface area contributed by atoms with E-state index in [0.29, 0.717) is 0 Å². The van der Waals surface area contributed by atoms with Crippen molar-refractivity contribution in [1.29, 1.82) is 0 Å². The number of fused-ring (bicyclic) bond motifs is 3. The Morgan fingerprint density at radius 3 is 2.74 bits per heavy atom. The zero-order valence-electron chi connectivity index (χ0n) is 17.5. The fourth-order valence-electron chi connectivity index (χ4n) is 4.63. The molecule has 1 saturated carbocycles. The molecule has 0 atom stereocenters. The minimum absolute atomic E-state index is 0.0335. The highest BCUT2D eigenvalue weighted by atomic mass is 35.5. The zero-order chi connectivity index (χ0) is 21.4. The van der Waals surface area contributed by atoms with Gasteiger partial charge in [0.05, 0.1) is 12.2 Å². The van der Waals surface area contributed by atoms with Gasteiger partial charge in [-0.15, -0.1) is 10.2 Å². The summed E-state index contributed by atoms with van der Waals surface area (Å²) in [4.78, 5) is 6.36. The van der Waals surface area contributed by atoms with E-state index in [-0.39, 0.29) is 17.9 Å². The van der Waals surface area contributed by atoms with Gasteiger partial charge in [-0.05, 0) is 68.1 Å². The van der Waals surface area contributed by atoms with Crippen LogP contribution in [0.4, 0.5) is 4.39 Å². The van der Waals surface area contributed by atoms with Gasteiger partial charge in [0, 0.05) is 23.7 Å². The molecule has 0 N–H and O–H groups in total. The standard InChI is InChI=1S/C23H25ClFN5O/c1-2-29-13-16-12-17(24)7-10-20(16)30-21(14-29)27-28-22(30)15-5-8-18(9-6-15)31-23-19(25)4-3-11-26-23/h3-4,7,10-12,15,18H,2,5-6,8-9,13-14H2,1H3. The van der Waals surface area contributed by atoms with Crippen LogP contribution in [0.25, 0.3) is 5.69 Å². The third kappa shape index (κ3) is 4.04. The van der Waals surface area contributed by atoms with Gasteiger partial charge in [0.1, 0.15) is 11.9 Å². The molecule has 1 aliphatic heterocycles. The highest BCUT2D eigenvalue weighted by Crippen LogP contribution is 2.37. The average Bonchev–Trinajstić information content (AvgIpc) is 3.11. The molecule has 3 aromatic rings. The number of aromatic nitrogens is 4. The number of rotatable bonds is 4. The number of benzene rings is 1. The molecule has 0 bridgehead atoms. The first-order valence-electron chi connectivity index (χ1n) is 10.8. The number of nitrogens with zero attached hydrogens (tertiary/aromatic N) is 5. The Kier molecular flexibility index (Phi) is 5.63. The van der Waals surface area contributed by atoms with Crippen molar-refractivity contribution >= 4 is 11.6 Å². The maximum atomic E-state index is 13.9. The number of halogens is 2. The second kappa shape index (κ2) is 8.55. The predicted octanol–water partition coefficient (Wildman–Crippen LogP) is 4.90. The maximum Gasteiger partial charge on any atom is 0.250 e. The summed E-state index contributed by atoms with van der Waals surface area (Å²) in [5.74, 6) is 1.92. The Hall–Kier alpha value is -2.51. The summed E-state index contributed by atoms with van der Waals surface area (Å²) in [6.45, 7) is 4.68. The Bertz CT molecular complexity index is 1080. The molecule has 1 fully saturated rings. The van der Waals surface area contributed by atoms with E-state index in [0.717, 1.165) is 67.7 Å². The van der Waals surface area contributed by atoms with Crippen molar-refractivity contribution in [2.75, 3.05) is 6.54 Å². The van der Waals surface area contributed by atoms with Crippen LogP contribution in [0.15, 0.2) is 36.5 Å². The van der Waals surface area contributed by atoms with Crippen LogP contribution < -0.4 is 4.74 Å². The quantitative estimate of drug-likeness (QED) is 0.576. The number of hydrogen-bond donors (Lipinski definition) is 0. The van der Waals surface area contributed by atoms with E-state index in [1.54, 1.807) is 12.3 Å². The molecule has 0 unspecified atom stereocenters. The first kappa shape index (κ1) is 20.4. The van der Waals surface area contributed by atoms with Gasteiger partial charge in [-0.1, -0.05) is 18.5 Å².